The van der Waals surface area contributed by atoms with Crippen molar-refractivity contribution in [2.24, 2.45) is 0 Å². The summed E-state index contributed by atoms with van der Waals surface area (Å²) in [7, 11) is 1.92. The summed E-state index contributed by atoms with van der Waals surface area (Å²) in [6.07, 6.45) is 4.01. The number of nitrogens with zero attached hydrogens (tertiary/aromatic N) is 3. The van der Waals surface area contributed by atoms with E-state index in [0.29, 0.717) is 23.0 Å². The first-order valence-electron chi connectivity index (χ1n) is 7.95. The zero-order valence-corrected chi connectivity index (χ0v) is 14.3. The molecule has 0 saturated heterocycles. The van der Waals surface area contributed by atoms with Gasteiger partial charge in [0.05, 0.1) is 11.9 Å². The smallest absolute Gasteiger partial charge is 0.328 e. The van der Waals surface area contributed by atoms with Gasteiger partial charge < -0.3 is 14.4 Å². The van der Waals surface area contributed by atoms with Crippen molar-refractivity contribution in [1.82, 2.24) is 9.97 Å². The molecular formula is C19H19N3O3. The Balaban J connectivity index is 2.12. The van der Waals surface area contributed by atoms with E-state index in [-0.39, 0.29) is 6.04 Å². The summed E-state index contributed by atoms with van der Waals surface area (Å²) in [5.74, 6) is 0.244. The molecule has 1 aromatic carbocycles. The van der Waals surface area contributed by atoms with Crippen LogP contribution < -0.4 is 4.90 Å². The maximum atomic E-state index is 10.7. The van der Waals surface area contributed by atoms with Gasteiger partial charge in [-0.2, -0.15) is 0 Å². The first-order valence-corrected chi connectivity index (χ1v) is 7.95. The lowest BCUT2D eigenvalue weighted by Crippen LogP contribution is -2.27. The van der Waals surface area contributed by atoms with Crippen LogP contribution in [0.15, 0.2) is 47.0 Å². The number of carboxylic acids is 1. The summed E-state index contributed by atoms with van der Waals surface area (Å²) in [6.45, 7) is 4.09. The number of carboxylic acid groups (broad SMARTS) is 1. The Morgan fingerprint density at radius 1 is 1.32 bits per heavy atom. The van der Waals surface area contributed by atoms with E-state index in [1.165, 1.54) is 6.08 Å². The summed E-state index contributed by atoms with van der Waals surface area (Å²) >= 11 is 0. The highest BCUT2D eigenvalue weighted by molar-refractivity contribution is 5.86. The maximum absolute atomic E-state index is 10.7. The molecule has 0 amide bonds. The third-order valence-electron chi connectivity index (χ3n) is 3.94. The molecule has 0 atom stereocenters. The van der Waals surface area contributed by atoms with Crippen LogP contribution in [0, 0.1) is 0 Å². The number of fused-ring (bicyclic) bond motifs is 1. The minimum atomic E-state index is -1.03. The Bertz CT molecular complexity index is 911. The molecule has 0 saturated carbocycles. The van der Waals surface area contributed by atoms with E-state index < -0.39 is 5.97 Å². The third kappa shape index (κ3) is 3.52. The number of anilines is 1. The predicted molar refractivity (Wildman–Crippen MR) is 97.4 cm³/mol. The molecule has 1 N–H and O–H groups in total. The van der Waals surface area contributed by atoms with Crippen LogP contribution in [0.25, 0.3) is 28.5 Å². The topological polar surface area (TPSA) is 79.5 Å². The van der Waals surface area contributed by atoms with Crippen LogP contribution in [0.1, 0.15) is 19.5 Å². The molecule has 3 rings (SSSR count). The molecule has 0 aliphatic rings. The molecule has 0 aliphatic carbocycles. The molecule has 3 aromatic rings. The molecule has 0 fully saturated rings. The largest absolute Gasteiger partial charge is 0.478 e. The van der Waals surface area contributed by atoms with Gasteiger partial charge in [-0.15, -0.1) is 0 Å². The van der Waals surface area contributed by atoms with Gasteiger partial charge in [0, 0.05) is 24.6 Å². The van der Waals surface area contributed by atoms with E-state index >= 15 is 0 Å². The van der Waals surface area contributed by atoms with Gasteiger partial charge in [0.25, 0.3) is 0 Å². The second kappa shape index (κ2) is 6.76. The molecule has 0 unspecified atom stereocenters. The van der Waals surface area contributed by atoms with Crippen LogP contribution in [0.3, 0.4) is 0 Å². The van der Waals surface area contributed by atoms with E-state index in [1.807, 2.05) is 56.1 Å². The van der Waals surface area contributed by atoms with Gasteiger partial charge in [-0.3, -0.25) is 0 Å². The highest BCUT2D eigenvalue weighted by Crippen LogP contribution is 2.32. The second-order valence-corrected chi connectivity index (χ2v) is 5.99. The number of aromatic nitrogens is 2. The van der Waals surface area contributed by atoms with Crippen LogP contribution in [-0.4, -0.2) is 34.1 Å². The molecule has 2 heterocycles. The molecule has 25 heavy (non-hydrogen) atoms. The van der Waals surface area contributed by atoms with Gasteiger partial charge in [-0.05, 0) is 32.1 Å². The molecular weight excluding hydrogens is 318 g/mol. The second-order valence-electron chi connectivity index (χ2n) is 5.99. The SMILES string of the molecule is CC(C)N(C)c1nc(/C=C/C(=O)O)cnc1-c1cc2ccccc2o1. The lowest BCUT2D eigenvalue weighted by molar-refractivity contribution is -0.131. The van der Waals surface area contributed by atoms with Crippen molar-refractivity contribution in [2.45, 2.75) is 19.9 Å². The first kappa shape index (κ1) is 16.7. The van der Waals surface area contributed by atoms with Crippen molar-refractivity contribution in [3.05, 3.63) is 48.3 Å². The summed E-state index contributed by atoms with van der Waals surface area (Å²) < 4.78 is 5.92. The average Bonchev–Trinajstić information content (AvgIpc) is 3.02. The number of furan rings is 1. The summed E-state index contributed by atoms with van der Waals surface area (Å²) in [4.78, 5) is 21.8. The van der Waals surface area contributed by atoms with Crippen LogP contribution in [0.2, 0.25) is 0 Å². The van der Waals surface area contributed by atoms with Crippen molar-refractivity contribution in [3.8, 4) is 11.5 Å². The van der Waals surface area contributed by atoms with Gasteiger partial charge in [-0.25, -0.2) is 14.8 Å². The van der Waals surface area contributed by atoms with Crippen LogP contribution in [0.4, 0.5) is 5.82 Å². The third-order valence-corrected chi connectivity index (χ3v) is 3.94. The Hall–Kier alpha value is -3.15. The molecule has 128 valence electrons. The minimum Gasteiger partial charge on any atom is -0.478 e. The van der Waals surface area contributed by atoms with Crippen LogP contribution in [-0.2, 0) is 4.79 Å². The quantitative estimate of drug-likeness (QED) is 0.713. The van der Waals surface area contributed by atoms with Gasteiger partial charge in [0.1, 0.15) is 11.3 Å². The van der Waals surface area contributed by atoms with Gasteiger partial charge in [0.15, 0.2) is 11.6 Å². The fourth-order valence-corrected chi connectivity index (χ4v) is 2.39. The summed E-state index contributed by atoms with van der Waals surface area (Å²) in [6, 6.07) is 9.88. The van der Waals surface area contributed by atoms with Crippen molar-refractivity contribution in [1.29, 1.82) is 0 Å². The standard InChI is InChI=1S/C19H19N3O3/c1-12(2)22(3)19-18(20-11-14(21-19)8-9-17(23)24)16-10-13-6-4-5-7-15(13)25-16/h4-12H,1-3H3,(H,23,24)/b9-8+. The summed E-state index contributed by atoms with van der Waals surface area (Å²) in [5, 5.41) is 9.79. The Morgan fingerprint density at radius 2 is 2.08 bits per heavy atom. The van der Waals surface area contributed by atoms with E-state index in [0.717, 1.165) is 17.0 Å². The number of carbonyl (C=O) groups is 1. The zero-order chi connectivity index (χ0) is 18.0. The Morgan fingerprint density at radius 3 is 2.76 bits per heavy atom. The number of hydrogen-bond acceptors (Lipinski definition) is 5. The zero-order valence-electron chi connectivity index (χ0n) is 14.3. The number of para-hydroxylation sites is 1. The molecule has 6 nitrogen and oxygen atoms in total. The van der Waals surface area contributed by atoms with Crippen molar-refractivity contribution < 1.29 is 14.3 Å². The fourth-order valence-electron chi connectivity index (χ4n) is 2.39. The van der Waals surface area contributed by atoms with Crippen molar-refractivity contribution in [3.63, 3.8) is 0 Å². The minimum absolute atomic E-state index is 0.191. The maximum Gasteiger partial charge on any atom is 0.328 e. The lowest BCUT2D eigenvalue weighted by Gasteiger charge is -2.24. The predicted octanol–water partition coefficient (Wildman–Crippen LogP) is 3.83. The monoisotopic (exact) mass is 337 g/mol. The Labute approximate surface area is 145 Å². The highest BCUT2D eigenvalue weighted by atomic mass is 16.4. The van der Waals surface area contributed by atoms with Crippen LogP contribution >= 0.6 is 0 Å². The van der Waals surface area contributed by atoms with E-state index in [1.54, 1.807) is 6.20 Å². The molecule has 0 spiro atoms. The number of benzene rings is 1. The van der Waals surface area contributed by atoms with Gasteiger partial charge >= 0.3 is 5.97 Å². The molecule has 0 radical (unpaired) electrons. The lowest BCUT2D eigenvalue weighted by atomic mass is 10.2. The number of aliphatic carboxylic acids is 1. The van der Waals surface area contributed by atoms with E-state index in [4.69, 9.17) is 9.52 Å². The Kier molecular flexibility index (Phi) is 4.52. The summed E-state index contributed by atoms with van der Waals surface area (Å²) in [5.41, 5.74) is 1.89. The van der Waals surface area contributed by atoms with Crippen molar-refractivity contribution in [2.75, 3.05) is 11.9 Å². The van der Waals surface area contributed by atoms with E-state index in [2.05, 4.69) is 9.97 Å². The normalized spacial score (nSPS) is 11.5. The van der Waals surface area contributed by atoms with Gasteiger partial charge in [-0.1, -0.05) is 18.2 Å². The molecule has 0 bridgehead atoms. The fraction of sp³-hybridized carbons (Fsp3) is 0.211. The van der Waals surface area contributed by atoms with Crippen LogP contribution in [0.5, 0.6) is 0 Å². The highest BCUT2D eigenvalue weighted by Gasteiger charge is 2.18. The van der Waals surface area contributed by atoms with E-state index in [9.17, 15) is 4.79 Å². The average molecular weight is 337 g/mol. The number of hydrogen-bond donors (Lipinski definition) is 1. The number of rotatable bonds is 5. The first-order chi connectivity index (χ1) is 12.0. The van der Waals surface area contributed by atoms with Gasteiger partial charge in [0.2, 0.25) is 0 Å². The molecule has 0 aliphatic heterocycles. The molecule has 6 heteroatoms. The molecule has 2 aromatic heterocycles. The van der Waals surface area contributed by atoms with Crippen molar-refractivity contribution >= 4 is 28.8 Å².